The van der Waals surface area contributed by atoms with Gasteiger partial charge in [0.15, 0.2) is 5.82 Å². The number of tetrazole rings is 1. The summed E-state index contributed by atoms with van der Waals surface area (Å²) in [5.41, 5.74) is 3.42. The smallest absolute Gasteiger partial charge is 0.344 e. The van der Waals surface area contributed by atoms with E-state index in [4.69, 9.17) is 4.74 Å². The maximum Gasteiger partial charge on any atom is 0.344 e. The number of hydrogen-bond donors (Lipinski definition) is 3. The van der Waals surface area contributed by atoms with E-state index < -0.39 is 11.5 Å². The summed E-state index contributed by atoms with van der Waals surface area (Å²) < 4.78 is 5.19. The molecule has 2 aromatic carbocycles. The molecule has 5 aromatic rings. The number of nitrogens with zero attached hydrogens (tertiary/aromatic N) is 3. The van der Waals surface area contributed by atoms with E-state index in [0.29, 0.717) is 28.0 Å². The van der Waals surface area contributed by atoms with Gasteiger partial charge in [0.05, 0.1) is 17.6 Å². The van der Waals surface area contributed by atoms with E-state index in [9.17, 15) is 9.59 Å². The van der Waals surface area contributed by atoms with Gasteiger partial charge in [-0.1, -0.05) is 36.4 Å². The number of esters is 1. The number of carbonyl (C=O) groups excluding carboxylic acids is 1. The Morgan fingerprint density at radius 2 is 1.87 bits per heavy atom. The highest BCUT2D eigenvalue weighted by Crippen LogP contribution is 2.34. The minimum Gasteiger partial charge on any atom is -0.462 e. The molecule has 148 valence electrons. The predicted molar refractivity (Wildman–Crippen MR) is 111 cm³/mol. The Balaban J connectivity index is 1.87. The lowest BCUT2D eigenvalue weighted by Gasteiger charge is -2.11. The van der Waals surface area contributed by atoms with E-state index in [2.05, 4.69) is 30.6 Å². The van der Waals surface area contributed by atoms with Crippen molar-refractivity contribution in [2.45, 2.75) is 6.92 Å². The number of pyridine rings is 1. The van der Waals surface area contributed by atoms with Crippen LogP contribution in [-0.4, -0.2) is 43.2 Å². The van der Waals surface area contributed by atoms with E-state index in [0.717, 1.165) is 16.5 Å². The summed E-state index contributed by atoms with van der Waals surface area (Å²) in [6.45, 7) is 1.86. The number of benzene rings is 2. The lowest BCUT2D eigenvalue weighted by Crippen LogP contribution is -2.21. The zero-order valence-electron chi connectivity index (χ0n) is 15.9. The summed E-state index contributed by atoms with van der Waals surface area (Å²) in [7, 11) is 0. The minimum atomic E-state index is -0.680. The maximum atomic E-state index is 13.0. The van der Waals surface area contributed by atoms with E-state index >= 15 is 0 Å². The van der Waals surface area contributed by atoms with Crippen molar-refractivity contribution in [3.63, 3.8) is 0 Å². The standard InChI is InChI=1S/C21H16N6O3/c1-2-30-21(29)16-15(11-6-5-7-12(10-11)19-24-26-27-25-19)18-17(23-20(16)28)13-8-3-4-9-14(13)22-18/h3-10,22H,2H2,1H3,(H,23,28)(H,24,25,26,27). The van der Waals surface area contributed by atoms with E-state index in [1.165, 1.54) is 0 Å². The van der Waals surface area contributed by atoms with Crippen molar-refractivity contribution in [2.75, 3.05) is 6.61 Å². The average Bonchev–Trinajstić information content (AvgIpc) is 3.41. The molecule has 0 aliphatic heterocycles. The summed E-state index contributed by atoms with van der Waals surface area (Å²) in [6.07, 6.45) is 0. The highest BCUT2D eigenvalue weighted by Gasteiger charge is 2.24. The molecule has 0 atom stereocenters. The Kier molecular flexibility index (Phi) is 4.13. The van der Waals surface area contributed by atoms with Gasteiger partial charge in [0, 0.05) is 22.0 Å². The average molecular weight is 400 g/mol. The van der Waals surface area contributed by atoms with E-state index in [-0.39, 0.29) is 12.2 Å². The topological polar surface area (TPSA) is 129 Å². The van der Waals surface area contributed by atoms with Crippen molar-refractivity contribution < 1.29 is 9.53 Å². The number of carbonyl (C=O) groups is 1. The van der Waals surface area contributed by atoms with Crippen LogP contribution in [0.15, 0.2) is 53.3 Å². The molecule has 9 nitrogen and oxygen atoms in total. The summed E-state index contributed by atoms with van der Waals surface area (Å²) in [6, 6.07) is 14.9. The molecule has 0 saturated heterocycles. The van der Waals surface area contributed by atoms with E-state index in [1.807, 2.05) is 48.5 Å². The van der Waals surface area contributed by atoms with Gasteiger partial charge in [0.25, 0.3) is 5.56 Å². The number of fused-ring (bicyclic) bond motifs is 3. The summed E-state index contributed by atoms with van der Waals surface area (Å²) in [4.78, 5) is 31.9. The third kappa shape index (κ3) is 2.75. The predicted octanol–water partition coefficient (Wildman–Crippen LogP) is 3.03. The Bertz CT molecular complexity index is 1450. The number of nitrogens with one attached hydrogen (secondary N) is 3. The first kappa shape index (κ1) is 17.8. The molecule has 0 amide bonds. The fourth-order valence-electron chi connectivity index (χ4n) is 3.66. The highest BCUT2D eigenvalue weighted by molar-refractivity contribution is 6.14. The maximum absolute atomic E-state index is 13.0. The molecule has 0 aliphatic carbocycles. The van der Waals surface area contributed by atoms with Crippen molar-refractivity contribution in [3.8, 4) is 22.5 Å². The van der Waals surface area contributed by atoms with Crippen LogP contribution in [-0.2, 0) is 4.74 Å². The summed E-state index contributed by atoms with van der Waals surface area (Å²) in [5.74, 6) is -0.201. The Morgan fingerprint density at radius 3 is 2.67 bits per heavy atom. The highest BCUT2D eigenvalue weighted by atomic mass is 16.5. The van der Waals surface area contributed by atoms with Crippen LogP contribution in [0.3, 0.4) is 0 Å². The Morgan fingerprint density at radius 1 is 1.03 bits per heavy atom. The first-order valence-corrected chi connectivity index (χ1v) is 9.35. The zero-order valence-corrected chi connectivity index (χ0v) is 15.9. The van der Waals surface area contributed by atoms with Gasteiger partial charge < -0.3 is 14.7 Å². The molecule has 0 spiro atoms. The Labute approximate surface area is 169 Å². The van der Waals surface area contributed by atoms with Crippen LogP contribution >= 0.6 is 0 Å². The third-order valence-corrected chi connectivity index (χ3v) is 4.92. The van der Waals surface area contributed by atoms with Crippen LogP contribution in [0, 0.1) is 0 Å². The Hall–Kier alpha value is -4.27. The van der Waals surface area contributed by atoms with Gasteiger partial charge in [-0.2, -0.15) is 0 Å². The second kappa shape index (κ2) is 6.96. The van der Waals surface area contributed by atoms with Crippen LogP contribution in [0.2, 0.25) is 0 Å². The first-order valence-electron chi connectivity index (χ1n) is 9.35. The minimum absolute atomic E-state index is 0.0521. The van der Waals surface area contributed by atoms with Crippen LogP contribution < -0.4 is 5.56 Å². The van der Waals surface area contributed by atoms with Gasteiger partial charge in [-0.25, -0.2) is 9.89 Å². The van der Waals surface area contributed by atoms with Crippen LogP contribution in [0.4, 0.5) is 0 Å². The lowest BCUT2D eigenvalue weighted by atomic mass is 9.97. The molecular weight excluding hydrogens is 384 g/mol. The molecule has 0 bridgehead atoms. The molecule has 0 saturated carbocycles. The number of aromatic nitrogens is 6. The number of H-pyrrole nitrogens is 3. The lowest BCUT2D eigenvalue weighted by molar-refractivity contribution is 0.0525. The molecule has 3 heterocycles. The molecule has 9 heteroatoms. The molecular formula is C21H16N6O3. The third-order valence-electron chi connectivity index (χ3n) is 4.92. The van der Waals surface area contributed by atoms with Crippen molar-refractivity contribution in [1.82, 2.24) is 30.6 Å². The monoisotopic (exact) mass is 400 g/mol. The van der Waals surface area contributed by atoms with Crippen LogP contribution in [0.25, 0.3) is 44.5 Å². The van der Waals surface area contributed by atoms with Crippen molar-refractivity contribution >= 4 is 27.9 Å². The summed E-state index contributed by atoms with van der Waals surface area (Å²) >= 11 is 0. The van der Waals surface area contributed by atoms with Gasteiger partial charge >= 0.3 is 5.97 Å². The SMILES string of the molecule is CCOC(=O)c1c(-c2cccc(-c3nnn[nH]3)c2)c2[nH]c3ccccc3c2[nH]c1=O. The zero-order chi connectivity index (χ0) is 20.7. The van der Waals surface area contributed by atoms with Gasteiger partial charge in [-0.15, -0.1) is 5.10 Å². The number of rotatable bonds is 4. The molecule has 0 fully saturated rings. The van der Waals surface area contributed by atoms with Gasteiger partial charge in [-0.3, -0.25) is 4.79 Å². The molecule has 5 rings (SSSR count). The normalized spacial score (nSPS) is 11.2. The van der Waals surface area contributed by atoms with E-state index in [1.54, 1.807) is 6.92 Å². The van der Waals surface area contributed by atoms with Crippen LogP contribution in [0.5, 0.6) is 0 Å². The second-order valence-corrected chi connectivity index (χ2v) is 6.68. The summed E-state index contributed by atoms with van der Waals surface area (Å²) in [5, 5.41) is 14.7. The largest absolute Gasteiger partial charge is 0.462 e. The number of hydrogen-bond acceptors (Lipinski definition) is 6. The molecule has 0 radical (unpaired) electrons. The van der Waals surface area contributed by atoms with Crippen molar-refractivity contribution in [1.29, 1.82) is 0 Å². The molecule has 3 N–H and O–H groups in total. The molecule has 0 unspecified atom stereocenters. The molecule has 30 heavy (non-hydrogen) atoms. The molecule has 3 aromatic heterocycles. The van der Waals surface area contributed by atoms with Crippen LogP contribution in [0.1, 0.15) is 17.3 Å². The second-order valence-electron chi connectivity index (χ2n) is 6.68. The fraction of sp³-hybridized carbons (Fsp3) is 0.0952. The fourth-order valence-corrected chi connectivity index (χ4v) is 3.66. The van der Waals surface area contributed by atoms with Gasteiger partial charge in [-0.05, 0) is 35.0 Å². The van der Waals surface area contributed by atoms with Crippen molar-refractivity contribution in [2.24, 2.45) is 0 Å². The number of ether oxygens (including phenoxy) is 1. The number of para-hydroxylation sites is 1. The van der Waals surface area contributed by atoms with Gasteiger partial charge in [0.2, 0.25) is 0 Å². The number of aromatic amines is 3. The quantitative estimate of drug-likeness (QED) is 0.398. The molecule has 0 aliphatic rings. The van der Waals surface area contributed by atoms with Gasteiger partial charge in [0.1, 0.15) is 5.56 Å². The van der Waals surface area contributed by atoms with Crippen molar-refractivity contribution in [3.05, 3.63) is 64.4 Å². The first-order chi connectivity index (χ1) is 14.7.